The van der Waals surface area contributed by atoms with Crippen LogP contribution in [0.2, 0.25) is 0 Å². The lowest BCUT2D eigenvalue weighted by Crippen LogP contribution is -2.15. The maximum absolute atomic E-state index is 12.5. The molecule has 0 unspecified atom stereocenters. The molecule has 6 nitrogen and oxygen atoms in total. The van der Waals surface area contributed by atoms with Crippen LogP contribution in [0.1, 0.15) is 5.56 Å². The van der Waals surface area contributed by atoms with Gasteiger partial charge in [-0.15, -0.1) is 0 Å². The monoisotopic (exact) mass is 324 g/mol. The van der Waals surface area contributed by atoms with Gasteiger partial charge in [0.25, 0.3) is 10.0 Å². The average molecular weight is 324 g/mol. The number of aromatic nitrogens is 2. The van der Waals surface area contributed by atoms with Crippen LogP contribution in [0.5, 0.6) is 0 Å². The van der Waals surface area contributed by atoms with Crippen molar-refractivity contribution >= 4 is 15.7 Å². The van der Waals surface area contributed by atoms with Crippen molar-refractivity contribution in [1.82, 2.24) is 9.78 Å². The minimum atomic E-state index is -3.80. The number of benzene rings is 2. The van der Waals surface area contributed by atoms with Crippen molar-refractivity contribution in [2.75, 3.05) is 4.72 Å². The zero-order valence-electron chi connectivity index (χ0n) is 11.9. The molecule has 0 spiro atoms. The summed E-state index contributed by atoms with van der Waals surface area (Å²) in [5.74, 6) is 0. The Labute approximate surface area is 133 Å². The topological polar surface area (TPSA) is 87.8 Å². The summed E-state index contributed by atoms with van der Waals surface area (Å²) in [5, 5.41) is 13.0. The molecule has 0 amide bonds. The van der Waals surface area contributed by atoms with E-state index in [9.17, 15) is 8.42 Å². The summed E-state index contributed by atoms with van der Waals surface area (Å²) in [7, 11) is -3.80. The highest BCUT2D eigenvalue weighted by Gasteiger charge is 2.17. The summed E-state index contributed by atoms with van der Waals surface area (Å²) in [4.78, 5) is 0.0341. The molecule has 0 aliphatic heterocycles. The van der Waals surface area contributed by atoms with Gasteiger partial charge in [0.1, 0.15) is 0 Å². The second kappa shape index (κ2) is 5.94. The van der Waals surface area contributed by atoms with E-state index in [2.05, 4.69) is 9.82 Å². The Bertz CT molecular complexity index is 973. The van der Waals surface area contributed by atoms with Crippen LogP contribution in [0.25, 0.3) is 5.69 Å². The molecule has 2 aromatic carbocycles. The van der Waals surface area contributed by atoms with E-state index in [4.69, 9.17) is 5.26 Å². The molecule has 1 heterocycles. The standard InChI is InChI=1S/C16H12N4O2S/c17-12-13-5-3-6-14(11-13)23(21,22)19-15-7-1-2-8-16(15)20-10-4-9-18-20/h1-11,19H. The molecule has 114 valence electrons. The molecule has 0 saturated heterocycles. The molecule has 23 heavy (non-hydrogen) atoms. The van der Waals surface area contributed by atoms with Crippen LogP contribution in [0, 0.1) is 11.3 Å². The molecule has 1 N–H and O–H groups in total. The average Bonchev–Trinajstić information content (AvgIpc) is 3.09. The minimum Gasteiger partial charge on any atom is -0.277 e. The maximum Gasteiger partial charge on any atom is 0.262 e. The van der Waals surface area contributed by atoms with Gasteiger partial charge in [0.15, 0.2) is 0 Å². The third-order valence-electron chi connectivity index (χ3n) is 3.17. The van der Waals surface area contributed by atoms with Crippen molar-refractivity contribution < 1.29 is 8.42 Å². The van der Waals surface area contributed by atoms with Crippen molar-refractivity contribution in [3.63, 3.8) is 0 Å². The molecule has 0 saturated carbocycles. The Morgan fingerprint density at radius 3 is 2.65 bits per heavy atom. The van der Waals surface area contributed by atoms with Crippen LogP contribution in [0.15, 0.2) is 71.9 Å². The number of nitrogens with zero attached hydrogens (tertiary/aromatic N) is 3. The second-order valence-corrected chi connectivity index (χ2v) is 6.40. The Morgan fingerprint density at radius 2 is 1.91 bits per heavy atom. The first kappa shape index (κ1) is 14.8. The quantitative estimate of drug-likeness (QED) is 0.799. The van der Waals surface area contributed by atoms with Crippen LogP contribution in [0.4, 0.5) is 5.69 Å². The number of nitriles is 1. The van der Waals surface area contributed by atoms with E-state index < -0.39 is 10.0 Å². The number of para-hydroxylation sites is 2. The van der Waals surface area contributed by atoms with Crippen molar-refractivity contribution in [2.45, 2.75) is 4.90 Å². The van der Waals surface area contributed by atoms with Gasteiger partial charge < -0.3 is 0 Å². The zero-order valence-corrected chi connectivity index (χ0v) is 12.7. The maximum atomic E-state index is 12.5. The summed E-state index contributed by atoms with van der Waals surface area (Å²) in [6, 6.07) is 16.5. The first-order chi connectivity index (χ1) is 11.1. The van der Waals surface area contributed by atoms with E-state index in [1.807, 2.05) is 6.07 Å². The van der Waals surface area contributed by atoms with Gasteiger partial charge in [0, 0.05) is 12.4 Å². The third kappa shape index (κ3) is 3.07. The molecule has 0 aliphatic rings. The number of sulfonamides is 1. The molecule has 3 aromatic rings. The SMILES string of the molecule is N#Cc1cccc(S(=O)(=O)Nc2ccccc2-n2cccn2)c1. The number of anilines is 1. The Hall–Kier alpha value is -3.11. The largest absolute Gasteiger partial charge is 0.277 e. The molecule has 0 atom stereocenters. The van der Waals surface area contributed by atoms with E-state index in [0.717, 1.165) is 0 Å². The lowest BCUT2D eigenvalue weighted by Gasteiger charge is -2.12. The smallest absolute Gasteiger partial charge is 0.262 e. The van der Waals surface area contributed by atoms with E-state index in [1.165, 1.54) is 18.2 Å². The summed E-state index contributed by atoms with van der Waals surface area (Å²) in [5.41, 5.74) is 1.30. The number of hydrogen-bond donors (Lipinski definition) is 1. The molecule has 0 fully saturated rings. The van der Waals surface area contributed by atoms with Crippen LogP contribution in [-0.4, -0.2) is 18.2 Å². The molecule has 7 heteroatoms. The molecule has 0 radical (unpaired) electrons. The van der Waals surface area contributed by atoms with Crippen molar-refractivity contribution in [2.24, 2.45) is 0 Å². The fourth-order valence-electron chi connectivity index (χ4n) is 2.11. The van der Waals surface area contributed by atoms with Crippen LogP contribution in [-0.2, 0) is 10.0 Å². The third-order valence-corrected chi connectivity index (χ3v) is 4.54. The van der Waals surface area contributed by atoms with Crippen LogP contribution < -0.4 is 4.72 Å². The first-order valence-electron chi connectivity index (χ1n) is 6.72. The van der Waals surface area contributed by atoms with E-state index in [1.54, 1.807) is 53.5 Å². The van der Waals surface area contributed by atoms with Gasteiger partial charge in [0.05, 0.1) is 27.9 Å². The van der Waals surface area contributed by atoms with Gasteiger partial charge in [-0.25, -0.2) is 13.1 Å². The Morgan fingerprint density at radius 1 is 1.09 bits per heavy atom. The van der Waals surface area contributed by atoms with E-state index >= 15 is 0 Å². The van der Waals surface area contributed by atoms with Gasteiger partial charge in [-0.2, -0.15) is 10.4 Å². The highest BCUT2D eigenvalue weighted by Crippen LogP contribution is 2.23. The van der Waals surface area contributed by atoms with Gasteiger partial charge in [-0.05, 0) is 36.4 Å². The number of hydrogen-bond acceptors (Lipinski definition) is 4. The molecule has 3 rings (SSSR count). The first-order valence-corrected chi connectivity index (χ1v) is 8.20. The molecule has 1 aromatic heterocycles. The van der Waals surface area contributed by atoms with Gasteiger partial charge >= 0.3 is 0 Å². The number of nitrogens with one attached hydrogen (secondary N) is 1. The Kier molecular flexibility index (Phi) is 3.83. The van der Waals surface area contributed by atoms with E-state index in [0.29, 0.717) is 11.4 Å². The second-order valence-electron chi connectivity index (χ2n) is 4.71. The highest BCUT2D eigenvalue weighted by molar-refractivity contribution is 7.92. The number of rotatable bonds is 4. The summed E-state index contributed by atoms with van der Waals surface area (Å²) < 4.78 is 29.2. The van der Waals surface area contributed by atoms with Crippen LogP contribution in [0.3, 0.4) is 0 Å². The minimum absolute atomic E-state index is 0.0341. The molecule has 0 bridgehead atoms. The molecule has 0 aliphatic carbocycles. The zero-order chi connectivity index (χ0) is 16.3. The van der Waals surface area contributed by atoms with Crippen molar-refractivity contribution in [3.05, 3.63) is 72.6 Å². The van der Waals surface area contributed by atoms with Crippen molar-refractivity contribution in [1.29, 1.82) is 5.26 Å². The Balaban J connectivity index is 2.00. The van der Waals surface area contributed by atoms with Crippen LogP contribution >= 0.6 is 0 Å². The van der Waals surface area contributed by atoms with Gasteiger partial charge in [-0.1, -0.05) is 18.2 Å². The highest BCUT2D eigenvalue weighted by atomic mass is 32.2. The molecular formula is C16H12N4O2S. The van der Waals surface area contributed by atoms with Gasteiger partial charge in [-0.3, -0.25) is 4.72 Å². The lowest BCUT2D eigenvalue weighted by molar-refractivity contribution is 0.601. The fourth-order valence-corrected chi connectivity index (χ4v) is 3.23. The van der Waals surface area contributed by atoms with Gasteiger partial charge in [0.2, 0.25) is 0 Å². The lowest BCUT2D eigenvalue weighted by atomic mass is 10.2. The van der Waals surface area contributed by atoms with Crippen molar-refractivity contribution in [3.8, 4) is 11.8 Å². The molecular weight excluding hydrogens is 312 g/mol. The normalized spacial score (nSPS) is 10.9. The summed E-state index contributed by atoms with van der Waals surface area (Å²) in [6.45, 7) is 0. The predicted molar refractivity (Wildman–Crippen MR) is 85.5 cm³/mol. The summed E-state index contributed by atoms with van der Waals surface area (Å²) >= 11 is 0. The fraction of sp³-hybridized carbons (Fsp3) is 0. The predicted octanol–water partition coefficient (Wildman–Crippen LogP) is 2.54. The van der Waals surface area contributed by atoms with E-state index in [-0.39, 0.29) is 10.5 Å². The summed E-state index contributed by atoms with van der Waals surface area (Å²) in [6.07, 6.45) is 3.34.